The maximum Gasteiger partial charge on any atom is 0.0529 e. The van der Waals surface area contributed by atoms with E-state index in [9.17, 15) is 0 Å². The molecule has 0 amide bonds. The van der Waals surface area contributed by atoms with Crippen molar-refractivity contribution < 1.29 is 0 Å². The summed E-state index contributed by atoms with van der Waals surface area (Å²) in [5.74, 6) is 0. The molecule has 0 bridgehead atoms. The average Bonchev–Trinajstić information content (AvgIpc) is 2.61. The van der Waals surface area contributed by atoms with E-state index in [2.05, 4.69) is 17.9 Å². The van der Waals surface area contributed by atoms with Gasteiger partial charge in [-0.15, -0.1) is 0 Å². The van der Waals surface area contributed by atoms with Crippen LogP contribution in [0.3, 0.4) is 0 Å². The van der Waals surface area contributed by atoms with E-state index in [-0.39, 0.29) is 5.50 Å². The Balaban J connectivity index is 2.13. The number of nitrogens with zero attached hydrogens (tertiary/aromatic N) is 2. The predicted molar refractivity (Wildman–Crippen MR) is 58.7 cm³/mol. The lowest BCUT2D eigenvalue weighted by Crippen LogP contribution is -2.41. The topological polar surface area (TPSA) is 30.5 Å². The van der Waals surface area contributed by atoms with Gasteiger partial charge in [-0.25, -0.2) is 5.43 Å². The van der Waals surface area contributed by atoms with Crippen molar-refractivity contribution >= 4 is 18.3 Å². The number of hydrogen-bond acceptors (Lipinski definition) is 5. The summed E-state index contributed by atoms with van der Waals surface area (Å²) in [6, 6.07) is 10.0. The monoisotopic (exact) mass is 209 g/mol. The normalized spacial score (nSPS) is 23.0. The number of hydrogen-bond donors (Lipinski definition) is 2. The molecule has 1 saturated heterocycles. The summed E-state index contributed by atoms with van der Waals surface area (Å²) in [4.78, 5) is 0. The molecule has 0 radical (unpaired) electrons. The predicted octanol–water partition coefficient (Wildman–Crippen LogP) is 0.583. The molecule has 1 aromatic carbocycles. The molecule has 2 N–H and O–H groups in total. The molecular formula is C9H13N4S-. The highest BCUT2D eigenvalue weighted by molar-refractivity contribution is 7.59. The van der Waals surface area contributed by atoms with Crippen molar-refractivity contribution in [1.82, 2.24) is 16.1 Å². The Hall–Kier alpha value is -0.750. The molecule has 5 heteroatoms. The van der Waals surface area contributed by atoms with E-state index in [0.29, 0.717) is 0 Å². The van der Waals surface area contributed by atoms with Gasteiger partial charge < -0.3 is 12.6 Å². The largest absolute Gasteiger partial charge is 0.749 e. The highest BCUT2D eigenvalue weighted by atomic mass is 32.1. The van der Waals surface area contributed by atoms with Crippen LogP contribution in [0.15, 0.2) is 30.3 Å². The summed E-state index contributed by atoms with van der Waals surface area (Å²) in [7, 11) is 0. The number of hydrazine groups is 3. The van der Waals surface area contributed by atoms with Crippen molar-refractivity contribution in [3.8, 4) is 0 Å². The molecule has 0 aliphatic carbocycles. The van der Waals surface area contributed by atoms with Crippen LogP contribution in [0.2, 0.25) is 0 Å². The van der Waals surface area contributed by atoms with Gasteiger partial charge in [0, 0.05) is 6.54 Å². The third-order valence-electron chi connectivity index (χ3n) is 2.08. The summed E-state index contributed by atoms with van der Waals surface area (Å²) in [5.41, 5.74) is 7.20. The lowest BCUT2D eigenvalue weighted by Gasteiger charge is -2.28. The quantitative estimate of drug-likeness (QED) is 0.696. The third kappa shape index (κ3) is 1.85. The second-order valence-corrected chi connectivity index (χ2v) is 3.48. The van der Waals surface area contributed by atoms with Crippen LogP contribution in [-0.2, 0) is 12.6 Å². The number of anilines is 1. The smallest absolute Gasteiger partial charge is 0.0529 e. The van der Waals surface area contributed by atoms with Crippen LogP contribution in [0.25, 0.3) is 0 Å². The van der Waals surface area contributed by atoms with Gasteiger partial charge in [0.1, 0.15) is 0 Å². The molecule has 1 aliphatic rings. The standard InChI is InChI=1S/C9H14N4S/c1-2-12-10-9(14)13(11-12)8-6-4-3-5-7-8/h3-7,9-11,14H,2H2,1H3/p-1. The highest BCUT2D eigenvalue weighted by Gasteiger charge is 2.19. The zero-order valence-corrected chi connectivity index (χ0v) is 8.79. The van der Waals surface area contributed by atoms with E-state index in [4.69, 9.17) is 12.6 Å². The van der Waals surface area contributed by atoms with Crippen LogP contribution < -0.4 is 16.0 Å². The van der Waals surface area contributed by atoms with Crippen molar-refractivity contribution in [2.24, 2.45) is 0 Å². The first kappa shape index (κ1) is 9.79. The molecule has 1 aliphatic heterocycles. The summed E-state index contributed by atoms with van der Waals surface area (Å²) < 4.78 is 0. The van der Waals surface area contributed by atoms with Gasteiger partial charge in [-0.05, 0) is 24.6 Å². The van der Waals surface area contributed by atoms with Crippen molar-refractivity contribution in [2.45, 2.75) is 12.4 Å². The molecule has 14 heavy (non-hydrogen) atoms. The van der Waals surface area contributed by atoms with Crippen LogP contribution in [0.4, 0.5) is 5.69 Å². The van der Waals surface area contributed by atoms with Crippen molar-refractivity contribution in [2.75, 3.05) is 11.6 Å². The first-order chi connectivity index (χ1) is 6.81. The molecule has 0 spiro atoms. The Labute approximate surface area is 89.2 Å². The van der Waals surface area contributed by atoms with Gasteiger partial charge in [0.25, 0.3) is 0 Å². The van der Waals surface area contributed by atoms with E-state index in [0.717, 1.165) is 12.2 Å². The first-order valence-electron chi connectivity index (χ1n) is 4.61. The molecule has 0 aromatic heterocycles. The SMILES string of the molecule is CCN1NC([S-])N(c2ccccc2)N1. The number of nitrogens with one attached hydrogen (secondary N) is 2. The summed E-state index contributed by atoms with van der Waals surface area (Å²) in [6.07, 6.45) is 0. The molecule has 1 aromatic rings. The molecule has 4 nitrogen and oxygen atoms in total. The molecule has 1 heterocycles. The van der Waals surface area contributed by atoms with Gasteiger partial charge in [-0.2, -0.15) is 10.7 Å². The van der Waals surface area contributed by atoms with Gasteiger partial charge in [0.05, 0.1) is 5.69 Å². The molecule has 76 valence electrons. The Kier molecular flexibility index (Phi) is 2.93. The van der Waals surface area contributed by atoms with Crippen molar-refractivity contribution in [1.29, 1.82) is 0 Å². The van der Waals surface area contributed by atoms with Gasteiger partial charge in [-0.3, -0.25) is 5.01 Å². The van der Waals surface area contributed by atoms with Crippen LogP contribution in [0, 0.1) is 0 Å². The van der Waals surface area contributed by atoms with Crippen LogP contribution in [-0.4, -0.2) is 17.2 Å². The number of rotatable bonds is 2. The third-order valence-corrected chi connectivity index (χ3v) is 2.40. The second kappa shape index (κ2) is 4.18. The average molecular weight is 209 g/mol. The zero-order valence-electron chi connectivity index (χ0n) is 7.97. The van der Waals surface area contributed by atoms with Gasteiger partial charge >= 0.3 is 0 Å². The maximum absolute atomic E-state index is 5.26. The fourth-order valence-corrected chi connectivity index (χ4v) is 1.64. The molecule has 1 atom stereocenters. The Morgan fingerprint density at radius 1 is 1.36 bits per heavy atom. The second-order valence-electron chi connectivity index (χ2n) is 3.03. The van der Waals surface area contributed by atoms with Gasteiger partial charge in [0.15, 0.2) is 0 Å². The van der Waals surface area contributed by atoms with Gasteiger partial charge in [-0.1, -0.05) is 18.2 Å². The molecule has 1 fully saturated rings. The maximum atomic E-state index is 5.26. The number of para-hydroxylation sites is 1. The van der Waals surface area contributed by atoms with Crippen molar-refractivity contribution in [3.05, 3.63) is 30.3 Å². The van der Waals surface area contributed by atoms with Crippen LogP contribution in [0.1, 0.15) is 6.92 Å². The fraction of sp³-hybridized carbons (Fsp3) is 0.333. The lowest BCUT2D eigenvalue weighted by molar-refractivity contribution is 0.188. The minimum Gasteiger partial charge on any atom is -0.749 e. The molecular weight excluding hydrogens is 196 g/mol. The summed E-state index contributed by atoms with van der Waals surface area (Å²) >= 11 is 5.26. The van der Waals surface area contributed by atoms with Crippen LogP contribution in [0.5, 0.6) is 0 Å². The lowest BCUT2D eigenvalue weighted by atomic mass is 10.3. The fourth-order valence-electron chi connectivity index (χ4n) is 1.35. The highest BCUT2D eigenvalue weighted by Crippen LogP contribution is 2.15. The van der Waals surface area contributed by atoms with E-state index in [1.54, 1.807) is 0 Å². The summed E-state index contributed by atoms with van der Waals surface area (Å²) in [5, 5.41) is 3.78. The van der Waals surface area contributed by atoms with E-state index in [1.165, 1.54) is 0 Å². The molecule has 0 saturated carbocycles. The Bertz CT molecular complexity index is 292. The van der Waals surface area contributed by atoms with E-state index in [1.807, 2.05) is 40.5 Å². The minimum absolute atomic E-state index is 0.141. The Morgan fingerprint density at radius 3 is 2.64 bits per heavy atom. The van der Waals surface area contributed by atoms with Crippen molar-refractivity contribution in [3.63, 3.8) is 0 Å². The van der Waals surface area contributed by atoms with E-state index >= 15 is 0 Å². The molecule has 1 unspecified atom stereocenters. The van der Waals surface area contributed by atoms with E-state index < -0.39 is 0 Å². The summed E-state index contributed by atoms with van der Waals surface area (Å²) in [6.45, 7) is 2.91. The van der Waals surface area contributed by atoms with Gasteiger partial charge in [0.2, 0.25) is 0 Å². The molecule has 2 rings (SSSR count). The first-order valence-corrected chi connectivity index (χ1v) is 5.08. The number of benzene rings is 1. The minimum atomic E-state index is -0.141. The van der Waals surface area contributed by atoms with Crippen LogP contribution >= 0.6 is 0 Å². The zero-order chi connectivity index (χ0) is 9.97. The Morgan fingerprint density at radius 2 is 2.07 bits per heavy atom.